The molecule has 2 nitrogen and oxygen atoms in total. The van der Waals surface area contributed by atoms with Crippen LogP contribution in [0, 0.1) is 0 Å². The largest absolute Gasteiger partial charge is 0.490 e. The predicted molar refractivity (Wildman–Crippen MR) is 73.0 cm³/mol. The number of rotatable bonds is 4. The first kappa shape index (κ1) is 12.4. The van der Waals surface area contributed by atoms with Crippen molar-refractivity contribution in [2.75, 3.05) is 0 Å². The zero-order valence-electron chi connectivity index (χ0n) is 10.6. The molecular weight excluding hydrogens is 224 g/mol. The van der Waals surface area contributed by atoms with Gasteiger partial charge < -0.3 is 4.74 Å². The molecule has 0 fully saturated rings. The summed E-state index contributed by atoms with van der Waals surface area (Å²) in [6.45, 7) is 3.95. The van der Waals surface area contributed by atoms with E-state index < -0.39 is 0 Å². The second-order valence-electron chi connectivity index (χ2n) is 4.41. The minimum absolute atomic E-state index is 0.0781. The van der Waals surface area contributed by atoms with Gasteiger partial charge in [-0.15, -0.1) is 0 Å². The Morgan fingerprint density at radius 1 is 1.06 bits per heavy atom. The van der Waals surface area contributed by atoms with Crippen molar-refractivity contribution in [1.82, 2.24) is 0 Å². The van der Waals surface area contributed by atoms with Crippen LogP contribution in [0.25, 0.3) is 11.1 Å². The first-order valence-corrected chi connectivity index (χ1v) is 6.02. The van der Waals surface area contributed by atoms with Crippen molar-refractivity contribution in [3.05, 3.63) is 54.1 Å². The van der Waals surface area contributed by atoms with Crippen LogP contribution in [0.2, 0.25) is 0 Å². The van der Waals surface area contributed by atoms with Crippen molar-refractivity contribution in [1.29, 1.82) is 0 Å². The molecule has 0 amide bonds. The number of carbonyl (C=O) groups excluding carboxylic acids is 1. The minimum Gasteiger partial charge on any atom is -0.490 e. The van der Waals surface area contributed by atoms with E-state index in [1.807, 2.05) is 56.3 Å². The molecule has 0 atom stereocenters. The van der Waals surface area contributed by atoms with Crippen molar-refractivity contribution < 1.29 is 9.53 Å². The minimum atomic E-state index is 0.0781. The Hall–Kier alpha value is -2.09. The van der Waals surface area contributed by atoms with E-state index in [1.165, 1.54) is 0 Å². The summed E-state index contributed by atoms with van der Waals surface area (Å²) in [5.41, 5.74) is 2.73. The number of carbonyl (C=O) groups is 1. The molecular formula is C16H16O2. The monoisotopic (exact) mass is 240 g/mol. The van der Waals surface area contributed by atoms with Gasteiger partial charge in [0, 0.05) is 11.1 Å². The van der Waals surface area contributed by atoms with E-state index in [0.29, 0.717) is 5.56 Å². The summed E-state index contributed by atoms with van der Waals surface area (Å²) in [4.78, 5) is 10.8. The Labute approximate surface area is 107 Å². The normalized spacial score (nSPS) is 10.4. The number of aldehydes is 1. The van der Waals surface area contributed by atoms with E-state index in [4.69, 9.17) is 4.74 Å². The lowest BCUT2D eigenvalue weighted by molar-refractivity contribution is 0.112. The van der Waals surface area contributed by atoms with Crippen LogP contribution < -0.4 is 4.74 Å². The molecule has 0 bridgehead atoms. The molecule has 0 saturated carbocycles. The summed E-state index contributed by atoms with van der Waals surface area (Å²) in [5.74, 6) is 0.751. The molecule has 0 N–H and O–H groups in total. The SMILES string of the molecule is CC(C)Oc1cc(C=O)ccc1-c1ccccc1. The van der Waals surface area contributed by atoms with Crippen molar-refractivity contribution in [2.24, 2.45) is 0 Å². The summed E-state index contributed by atoms with van der Waals surface area (Å²) in [6.07, 6.45) is 0.913. The van der Waals surface area contributed by atoms with Gasteiger partial charge in [0.05, 0.1) is 6.10 Å². The second kappa shape index (κ2) is 5.50. The van der Waals surface area contributed by atoms with Crippen molar-refractivity contribution in [2.45, 2.75) is 20.0 Å². The van der Waals surface area contributed by atoms with Gasteiger partial charge in [-0.1, -0.05) is 36.4 Å². The quantitative estimate of drug-likeness (QED) is 0.756. The molecule has 2 aromatic rings. The molecule has 0 spiro atoms. The summed E-state index contributed by atoms with van der Waals surface area (Å²) in [5, 5.41) is 0. The third-order valence-electron chi connectivity index (χ3n) is 2.59. The fourth-order valence-electron chi connectivity index (χ4n) is 1.82. The number of hydrogen-bond donors (Lipinski definition) is 0. The maximum Gasteiger partial charge on any atom is 0.150 e. The van der Waals surface area contributed by atoms with Gasteiger partial charge in [0.2, 0.25) is 0 Å². The van der Waals surface area contributed by atoms with Crippen LogP contribution in [0.1, 0.15) is 24.2 Å². The van der Waals surface area contributed by atoms with Crippen LogP contribution >= 0.6 is 0 Å². The van der Waals surface area contributed by atoms with E-state index in [-0.39, 0.29) is 6.10 Å². The summed E-state index contributed by atoms with van der Waals surface area (Å²) >= 11 is 0. The van der Waals surface area contributed by atoms with Crippen molar-refractivity contribution >= 4 is 6.29 Å². The van der Waals surface area contributed by atoms with Crippen molar-refractivity contribution in [3.63, 3.8) is 0 Å². The highest BCUT2D eigenvalue weighted by Crippen LogP contribution is 2.31. The zero-order valence-corrected chi connectivity index (χ0v) is 10.6. The predicted octanol–water partition coefficient (Wildman–Crippen LogP) is 3.95. The van der Waals surface area contributed by atoms with Crippen LogP contribution in [0.4, 0.5) is 0 Å². The maximum absolute atomic E-state index is 10.8. The molecule has 0 aromatic heterocycles. The van der Waals surface area contributed by atoms with Crippen LogP contribution in [-0.4, -0.2) is 12.4 Å². The Balaban J connectivity index is 2.49. The molecule has 0 aliphatic carbocycles. The Kier molecular flexibility index (Phi) is 3.78. The molecule has 2 aromatic carbocycles. The van der Waals surface area contributed by atoms with Crippen LogP contribution in [0.3, 0.4) is 0 Å². The molecule has 0 saturated heterocycles. The number of ether oxygens (including phenoxy) is 1. The average Bonchev–Trinajstić information content (AvgIpc) is 2.39. The molecule has 0 aliphatic rings. The topological polar surface area (TPSA) is 26.3 Å². The van der Waals surface area contributed by atoms with Gasteiger partial charge >= 0.3 is 0 Å². The van der Waals surface area contributed by atoms with Gasteiger partial charge in [-0.05, 0) is 31.5 Å². The summed E-state index contributed by atoms with van der Waals surface area (Å²) in [7, 11) is 0. The van der Waals surface area contributed by atoms with Crippen molar-refractivity contribution in [3.8, 4) is 16.9 Å². The summed E-state index contributed by atoms with van der Waals surface area (Å²) in [6, 6.07) is 15.5. The highest BCUT2D eigenvalue weighted by atomic mass is 16.5. The van der Waals surface area contributed by atoms with Gasteiger partial charge in [0.25, 0.3) is 0 Å². The first-order chi connectivity index (χ1) is 8.70. The molecule has 92 valence electrons. The third-order valence-corrected chi connectivity index (χ3v) is 2.59. The average molecular weight is 240 g/mol. The van der Waals surface area contributed by atoms with Gasteiger partial charge in [0.1, 0.15) is 12.0 Å². The lowest BCUT2D eigenvalue weighted by atomic mass is 10.0. The fourth-order valence-corrected chi connectivity index (χ4v) is 1.82. The third kappa shape index (κ3) is 2.77. The molecule has 0 unspecified atom stereocenters. The van der Waals surface area contributed by atoms with Gasteiger partial charge in [-0.3, -0.25) is 4.79 Å². The Morgan fingerprint density at radius 3 is 2.39 bits per heavy atom. The van der Waals surface area contributed by atoms with Crippen LogP contribution in [-0.2, 0) is 0 Å². The number of benzene rings is 2. The van der Waals surface area contributed by atoms with Crippen LogP contribution in [0.5, 0.6) is 5.75 Å². The molecule has 2 heteroatoms. The van der Waals surface area contributed by atoms with Crippen LogP contribution in [0.15, 0.2) is 48.5 Å². The van der Waals surface area contributed by atoms with Gasteiger partial charge in [-0.25, -0.2) is 0 Å². The first-order valence-electron chi connectivity index (χ1n) is 6.02. The standard InChI is InChI=1S/C16H16O2/c1-12(2)18-16-10-13(11-17)8-9-15(16)14-6-4-3-5-7-14/h3-12H,1-2H3. The zero-order chi connectivity index (χ0) is 13.0. The number of hydrogen-bond acceptors (Lipinski definition) is 2. The Bertz CT molecular complexity index is 530. The molecule has 0 aliphatic heterocycles. The van der Waals surface area contributed by atoms with E-state index in [1.54, 1.807) is 6.07 Å². The van der Waals surface area contributed by atoms with Gasteiger partial charge in [0.15, 0.2) is 0 Å². The highest BCUT2D eigenvalue weighted by Gasteiger charge is 2.08. The van der Waals surface area contributed by atoms with E-state index >= 15 is 0 Å². The lowest BCUT2D eigenvalue weighted by Gasteiger charge is -2.15. The lowest BCUT2D eigenvalue weighted by Crippen LogP contribution is -2.06. The Morgan fingerprint density at radius 2 is 1.78 bits per heavy atom. The molecule has 2 rings (SSSR count). The smallest absolute Gasteiger partial charge is 0.150 e. The second-order valence-corrected chi connectivity index (χ2v) is 4.41. The fraction of sp³-hybridized carbons (Fsp3) is 0.188. The van der Waals surface area contributed by atoms with E-state index in [2.05, 4.69) is 0 Å². The maximum atomic E-state index is 10.8. The highest BCUT2D eigenvalue weighted by molar-refractivity contribution is 5.80. The van der Waals surface area contributed by atoms with Gasteiger partial charge in [-0.2, -0.15) is 0 Å². The van der Waals surface area contributed by atoms with E-state index in [0.717, 1.165) is 23.2 Å². The molecule has 0 radical (unpaired) electrons. The van der Waals surface area contributed by atoms with E-state index in [9.17, 15) is 4.79 Å². The molecule has 0 heterocycles. The molecule has 18 heavy (non-hydrogen) atoms. The summed E-state index contributed by atoms with van der Waals surface area (Å²) < 4.78 is 5.78.